The molecule has 0 saturated heterocycles. The fourth-order valence-electron chi connectivity index (χ4n) is 4.52. The van der Waals surface area contributed by atoms with Gasteiger partial charge in [0.05, 0.1) is 18.8 Å². The van der Waals surface area contributed by atoms with E-state index in [9.17, 15) is 9.90 Å². The number of ether oxygens (including phenoxy) is 1. The third-order valence-corrected chi connectivity index (χ3v) is 6.99. The number of amides is 1. The minimum Gasteiger partial charge on any atom is -0.394 e. The number of aliphatic hydroxyl groups is 1. The largest absolute Gasteiger partial charge is 0.394 e. The van der Waals surface area contributed by atoms with E-state index in [-0.39, 0.29) is 18.6 Å². The Labute approximate surface area is 236 Å². The van der Waals surface area contributed by atoms with E-state index in [1.165, 1.54) is 81.8 Å². The normalized spacial score (nSPS) is 14.1. The highest BCUT2D eigenvalue weighted by Crippen LogP contribution is 2.13. The lowest BCUT2D eigenvalue weighted by Gasteiger charge is -2.22. The summed E-state index contributed by atoms with van der Waals surface area (Å²) in [6.45, 7) is 10.5. The van der Waals surface area contributed by atoms with E-state index in [2.05, 4.69) is 51.2 Å². The molecular formula is C34H61NO3. The summed E-state index contributed by atoms with van der Waals surface area (Å²) in [5, 5.41) is 12.8. The molecule has 2 atom stereocenters. The van der Waals surface area contributed by atoms with Crippen molar-refractivity contribution in [3.05, 3.63) is 47.1 Å². The molecule has 1 amide bonds. The van der Waals surface area contributed by atoms with Gasteiger partial charge < -0.3 is 15.2 Å². The number of carbonyl (C=O) groups excluding carboxylic acids is 1. The average molecular weight is 532 g/mol. The monoisotopic (exact) mass is 531 g/mol. The maximum absolute atomic E-state index is 12.5. The third-order valence-electron chi connectivity index (χ3n) is 6.99. The zero-order valence-corrected chi connectivity index (χ0v) is 25.8. The number of nitrogens with one attached hydrogen (secondary N) is 1. The second-order valence-corrected chi connectivity index (χ2v) is 11.2. The van der Waals surface area contributed by atoms with E-state index < -0.39 is 6.04 Å². The third kappa shape index (κ3) is 22.3. The van der Waals surface area contributed by atoms with Gasteiger partial charge in [-0.25, -0.2) is 0 Å². The molecule has 0 radical (unpaired) electrons. The number of aliphatic hydroxyl groups excluding tert-OH is 1. The van der Waals surface area contributed by atoms with Crippen molar-refractivity contribution in [3.63, 3.8) is 0 Å². The topological polar surface area (TPSA) is 58.6 Å². The fourth-order valence-corrected chi connectivity index (χ4v) is 4.52. The van der Waals surface area contributed by atoms with Gasteiger partial charge in [0, 0.05) is 13.2 Å². The Hall–Kier alpha value is -1.65. The van der Waals surface area contributed by atoms with Gasteiger partial charge in [0.15, 0.2) is 0 Å². The van der Waals surface area contributed by atoms with Crippen molar-refractivity contribution in [2.75, 3.05) is 13.7 Å². The number of rotatable bonds is 24. The fraction of sp³-hybridized carbons (Fsp3) is 0.735. The van der Waals surface area contributed by atoms with Gasteiger partial charge in [0.2, 0.25) is 5.91 Å². The maximum Gasteiger partial charge on any atom is 0.244 e. The van der Waals surface area contributed by atoms with Gasteiger partial charge in [-0.2, -0.15) is 0 Å². The molecule has 0 fully saturated rings. The molecule has 4 nitrogen and oxygen atoms in total. The van der Waals surface area contributed by atoms with Crippen LogP contribution in [0.3, 0.4) is 0 Å². The predicted molar refractivity (Wildman–Crippen MR) is 165 cm³/mol. The summed E-state index contributed by atoms with van der Waals surface area (Å²) >= 11 is 0. The molecule has 0 aromatic carbocycles. The highest BCUT2D eigenvalue weighted by molar-refractivity contribution is 5.88. The predicted octanol–water partition coefficient (Wildman–Crippen LogP) is 9.16. The lowest BCUT2D eigenvalue weighted by Crippen LogP contribution is -2.45. The summed E-state index contributed by atoms with van der Waals surface area (Å²) in [6, 6.07) is -0.456. The van der Waals surface area contributed by atoms with Crippen LogP contribution in [0.15, 0.2) is 47.1 Å². The standard InChI is InChI=1S/C34H61NO3/c1-7-8-9-10-11-12-13-14-15-16-17-18-19-26-33(38-6)32(28-36)35-34(37)27-31(5)25-21-24-30(4)23-20-22-29(2)3/h19,22,24,26-27,32-33,36H,7-18,20-21,23,25,28H2,1-6H3,(H,35,37)/t32-,33+/m0/s1. The van der Waals surface area contributed by atoms with Crippen molar-refractivity contribution < 1.29 is 14.6 Å². The molecular weight excluding hydrogens is 470 g/mol. The Balaban J connectivity index is 4.26. The lowest BCUT2D eigenvalue weighted by atomic mass is 10.0. The van der Waals surface area contributed by atoms with Crippen molar-refractivity contribution in [2.45, 2.75) is 149 Å². The summed E-state index contributed by atoms with van der Waals surface area (Å²) in [7, 11) is 1.62. The van der Waals surface area contributed by atoms with E-state index in [0.717, 1.165) is 37.7 Å². The number of hydrogen-bond donors (Lipinski definition) is 2. The minimum atomic E-state index is -0.456. The van der Waals surface area contributed by atoms with Gasteiger partial charge in [0.1, 0.15) is 0 Å². The Morgan fingerprint density at radius 2 is 1.34 bits per heavy atom. The van der Waals surface area contributed by atoms with Crippen molar-refractivity contribution >= 4 is 5.91 Å². The second kappa shape index (κ2) is 25.6. The SMILES string of the molecule is CCCCCCCCCCCCCC=C[C@@H](OC)[C@H](CO)NC(=O)C=C(C)CCC=C(C)CCC=C(C)C. The van der Waals surface area contributed by atoms with E-state index in [0.29, 0.717) is 0 Å². The molecule has 0 aliphatic heterocycles. The molecule has 0 bridgehead atoms. The molecule has 0 aliphatic carbocycles. The van der Waals surface area contributed by atoms with Crippen LogP contribution in [0.4, 0.5) is 0 Å². The van der Waals surface area contributed by atoms with Gasteiger partial charge in [-0.3, -0.25) is 4.79 Å². The lowest BCUT2D eigenvalue weighted by molar-refractivity contribution is -0.118. The summed E-state index contributed by atoms with van der Waals surface area (Å²) in [6.07, 6.45) is 29.6. The number of hydrogen-bond acceptors (Lipinski definition) is 3. The second-order valence-electron chi connectivity index (χ2n) is 11.2. The highest BCUT2D eigenvalue weighted by atomic mass is 16.5. The molecule has 0 spiro atoms. The first-order valence-corrected chi connectivity index (χ1v) is 15.4. The molecule has 38 heavy (non-hydrogen) atoms. The van der Waals surface area contributed by atoms with Crippen molar-refractivity contribution in [1.82, 2.24) is 5.32 Å². The molecule has 0 aliphatic rings. The van der Waals surface area contributed by atoms with Crippen LogP contribution in [0.2, 0.25) is 0 Å². The molecule has 2 N–H and O–H groups in total. The van der Waals surface area contributed by atoms with Gasteiger partial charge in [-0.1, -0.05) is 112 Å². The van der Waals surface area contributed by atoms with Crippen molar-refractivity contribution in [2.24, 2.45) is 0 Å². The molecule has 0 unspecified atom stereocenters. The Bertz CT molecular complexity index is 701. The quantitative estimate of drug-likeness (QED) is 0.0741. The summed E-state index contributed by atoms with van der Waals surface area (Å²) in [5.74, 6) is -0.174. The van der Waals surface area contributed by atoms with Crippen molar-refractivity contribution in [1.29, 1.82) is 0 Å². The Morgan fingerprint density at radius 1 is 0.789 bits per heavy atom. The van der Waals surface area contributed by atoms with Crippen LogP contribution in [-0.4, -0.2) is 36.9 Å². The first-order valence-electron chi connectivity index (χ1n) is 15.4. The van der Waals surface area contributed by atoms with E-state index in [1.807, 2.05) is 13.0 Å². The molecule has 0 saturated carbocycles. The maximum atomic E-state index is 12.5. The van der Waals surface area contributed by atoms with E-state index in [4.69, 9.17) is 4.74 Å². The smallest absolute Gasteiger partial charge is 0.244 e. The molecule has 0 heterocycles. The summed E-state index contributed by atoms with van der Waals surface area (Å²) < 4.78 is 5.56. The van der Waals surface area contributed by atoms with Gasteiger partial charge in [-0.15, -0.1) is 0 Å². The van der Waals surface area contributed by atoms with Crippen LogP contribution in [-0.2, 0) is 9.53 Å². The van der Waals surface area contributed by atoms with Crippen LogP contribution in [0.1, 0.15) is 137 Å². The van der Waals surface area contributed by atoms with Gasteiger partial charge in [-0.05, 0) is 66.2 Å². The van der Waals surface area contributed by atoms with Crippen LogP contribution in [0.25, 0.3) is 0 Å². The molecule has 0 aromatic rings. The molecule has 0 aromatic heterocycles. The Morgan fingerprint density at radius 3 is 1.89 bits per heavy atom. The summed E-state index contributed by atoms with van der Waals surface area (Å²) in [4.78, 5) is 12.5. The van der Waals surface area contributed by atoms with Crippen LogP contribution < -0.4 is 5.32 Å². The van der Waals surface area contributed by atoms with E-state index >= 15 is 0 Å². The molecule has 220 valence electrons. The molecule has 0 rings (SSSR count). The number of allylic oxidation sites excluding steroid dienone is 6. The zero-order chi connectivity index (χ0) is 28.4. The number of carbonyl (C=O) groups is 1. The minimum absolute atomic E-state index is 0.159. The number of methoxy groups -OCH3 is 1. The molecule has 4 heteroatoms. The van der Waals surface area contributed by atoms with E-state index in [1.54, 1.807) is 13.2 Å². The average Bonchev–Trinajstić information content (AvgIpc) is 2.87. The highest BCUT2D eigenvalue weighted by Gasteiger charge is 2.19. The summed E-state index contributed by atoms with van der Waals surface area (Å²) in [5.41, 5.74) is 3.79. The number of unbranched alkanes of at least 4 members (excludes halogenated alkanes) is 11. The first-order chi connectivity index (χ1) is 18.3. The van der Waals surface area contributed by atoms with Crippen LogP contribution in [0, 0.1) is 0 Å². The zero-order valence-electron chi connectivity index (χ0n) is 25.8. The Kier molecular flexibility index (Phi) is 24.5. The van der Waals surface area contributed by atoms with Crippen molar-refractivity contribution in [3.8, 4) is 0 Å². The van der Waals surface area contributed by atoms with Crippen LogP contribution in [0.5, 0.6) is 0 Å². The van der Waals surface area contributed by atoms with Gasteiger partial charge in [0.25, 0.3) is 0 Å². The first kappa shape index (κ1) is 36.4. The van der Waals surface area contributed by atoms with Crippen LogP contribution >= 0.6 is 0 Å². The van der Waals surface area contributed by atoms with Gasteiger partial charge >= 0.3 is 0 Å².